The second kappa shape index (κ2) is 7.63. The van der Waals surface area contributed by atoms with E-state index in [0.29, 0.717) is 12.1 Å². The molecule has 0 bridgehead atoms. The standard InChI is InChI=1S/C14H31NO2Si/c1-6-17-14-9-7-13(8-10-14)15(11-16-2)12-18(3,4)5/h13-14H,6-12H2,1-5H3/t13-,14-. The van der Waals surface area contributed by atoms with E-state index < -0.39 is 8.07 Å². The van der Waals surface area contributed by atoms with Crippen LogP contribution in [0.2, 0.25) is 19.6 Å². The fraction of sp³-hybridized carbons (Fsp3) is 1.00. The first kappa shape index (κ1) is 16.2. The zero-order chi connectivity index (χ0) is 13.6. The van der Waals surface area contributed by atoms with Crippen LogP contribution in [0, 0.1) is 0 Å². The van der Waals surface area contributed by atoms with Gasteiger partial charge in [-0.3, -0.25) is 4.90 Å². The largest absolute Gasteiger partial charge is 0.379 e. The van der Waals surface area contributed by atoms with Crippen LogP contribution in [0.25, 0.3) is 0 Å². The van der Waals surface area contributed by atoms with E-state index in [1.165, 1.54) is 31.9 Å². The first-order valence-electron chi connectivity index (χ1n) is 7.31. The third kappa shape index (κ3) is 5.82. The molecule has 0 unspecified atom stereocenters. The van der Waals surface area contributed by atoms with Gasteiger partial charge in [0.2, 0.25) is 0 Å². The number of methoxy groups -OCH3 is 1. The predicted octanol–water partition coefficient (Wildman–Crippen LogP) is 3.12. The molecule has 0 radical (unpaired) electrons. The molecule has 0 aromatic heterocycles. The van der Waals surface area contributed by atoms with Crippen LogP contribution in [0.4, 0.5) is 0 Å². The van der Waals surface area contributed by atoms with E-state index in [9.17, 15) is 0 Å². The average molecular weight is 273 g/mol. The van der Waals surface area contributed by atoms with Crippen molar-refractivity contribution in [1.29, 1.82) is 0 Å². The molecule has 1 saturated carbocycles. The molecular weight excluding hydrogens is 242 g/mol. The molecule has 0 atom stereocenters. The Bertz CT molecular complexity index is 222. The maximum Gasteiger partial charge on any atom is 0.0986 e. The van der Waals surface area contributed by atoms with E-state index >= 15 is 0 Å². The summed E-state index contributed by atoms with van der Waals surface area (Å²) in [5, 5.41) is 0. The number of hydrogen-bond donors (Lipinski definition) is 0. The summed E-state index contributed by atoms with van der Waals surface area (Å²) in [5.41, 5.74) is 0. The van der Waals surface area contributed by atoms with Crippen molar-refractivity contribution in [2.24, 2.45) is 0 Å². The lowest BCUT2D eigenvalue weighted by atomic mass is 9.92. The van der Waals surface area contributed by atoms with Gasteiger partial charge in [0.05, 0.1) is 20.9 Å². The molecule has 0 aliphatic heterocycles. The molecule has 1 aliphatic carbocycles. The van der Waals surface area contributed by atoms with Crippen LogP contribution in [-0.4, -0.2) is 51.7 Å². The molecule has 1 rings (SSSR count). The molecule has 0 saturated heterocycles. The van der Waals surface area contributed by atoms with Crippen molar-refractivity contribution in [2.45, 2.75) is 64.4 Å². The maximum atomic E-state index is 5.73. The van der Waals surface area contributed by atoms with Crippen LogP contribution < -0.4 is 0 Å². The van der Waals surface area contributed by atoms with Gasteiger partial charge in [-0.15, -0.1) is 0 Å². The lowest BCUT2D eigenvalue weighted by molar-refractivity contribution is -0.00995. The van der Waals surface area contributed by atoms with Crippen molar-refractivity contribution < 1.29 is 9.47 Å². The van der Waals surface area contributed by atoms with Crippen molar-refractivity contribution in [1.82, 2.24) is 4.90 Å². The summed E-state index contributed by atoms with van der Waals surface area (Å²) in [4.78, 5) is 2.56. The highest BCUT2D eigenvalue weighted by Gasteiger charge is 2.28. The molecule has 1 fully saturated rings. The number of ether oxygens (including phenoxy) is 2. The minimum absolute atomic E-state index is 0.502. The van der Waals surface area contributed by atoms with Crippen molar-refractivity contribution in [3.63, 3.8) is 0 Å². The van der Waals surface area contributed by atoms with E-state index in [-0.39, 0.29) is 0 Å². The van der Waals surface area contributed by atoms with Gasteiger partial charge in [0.1, 0.15) is 0 Å². The van der Waals surface area contributed by atoms with Crippen LogP contribution in [0.3, 0.4) is 0 Å². The normalized spacial score (nSPS) is 25.7. The summed E-state index contributed by atoms with van der Waals surface area (Å²) in [6.45, 7) is 11.0. The number of hydrogen-bond acceptors (Lipinski definition) is 3. The van der Waals surface area contributed by atoms with Gasteiger partial charge in [0, 0.05) is 19.8 Å². The predicted molar refractivity (Wildman–Crippen MR) is 79.6 cm³/mol. The molecule has 108 valence electrons. The van der Waals surface area contributed by atoms with Crippen molar-refractivity contribution in [3.05, 3.63) is 0 Å². The van der Waals surface area contributed by atoms with Crippen molar-refractivity contribution in [2.75, 3.05) is 26.6 Å². The van der Waals surface area contributed by atoms with Gasteiger partial charge in [-0.25, -0.2) is 0 Å². The maximum absolute atomic E-state index is 5.73. The summed E-state index contributed by atoms with van der Waals surface area (Å²) in [5.74, 6) is 0. The second-order valence-electron chi connectivity index (χ2n) is 6.61. The molecule has 0 aromatic rings. The lowest BCUT2D eigenvalue weighted by Gasteiger charge is -2.38. The highest BCUT2D eigenvalue weighted by molar-refractivity contribution is 6.76. The summed E-state index contributed by atoms with van der Waals surface area (Å²) in [6, 6.07) is 0.702. The Balaban J connectivity index is 2.45. The van der Waals surface area contributed by atoms with Crippen LogP contribution in [0.1, 0.15) is 32.6 Å². The Morgan fingerprint density at radius 1 is 1.11 bits per heavy atom. The smallest absolute Gasteiger partial charge is 0.0986 e. The quantitative estimate of drug-likeness (QED) is 0.525. The molecule has 0 aromatic carbocycles. The lowest BCUT2D eigenvalue weighted by Crippen LogP contribution is -2.48. The van der Waals surface area contributed by atoms with E-state index in [4.69, 9.17) is 9.47 Å². The molecule has 0 spiro atoms. The summed E-state index contributed by atoms with van der Waals surface area (Å²) in [7, 11) is 0.750. The highest BCUT2D eigenvalue weighted by Crippen LogP contribution is 2.26. The minimum atomic E-state index is -1.06. The topological polar surface area (TPSA) is 21.7 Å². The Morgan fingerprint density at radius 2 is 1.72 bits per heavy atom. The molecule has 3 nitrogen and oxygen atoms in total. The molecule has 0 amide bonds. The first-order valence-corrected chi connectivity index (χ1v) is 11.0. The minimum Gasteiger partial charge on any atom is -0.379 e. The summed E-state index contributed by atoms with van der Waals surface area (Å²) in [6.07, 6.45) is 6.69. The third-order valence-electron chi connectivity index (χ3n) is 3.53. The summed E-state index contributed by atoms with van der Waals surface area (Å²) < 4.78 is 11.1. The van der Waals surface area contributed by atoms with Crippen molar-refractivity contribution in [3.8, 4) is 0 Å². The molecule has 0 heterocycles. The van der Waals surface area contributed by atoms with E-state index in [2.05, 4.69) is 31.5 Å². The molecule has 18 heavy (non-hydrogen) atoms. The Morgan fingerprint density at radius 3 is 2.17 bits per heavy atom. The molecule has 1 aliphatic rings. The molecule has 0 N–H and O–H groups in total. The van der Waals surface area contributed by atoms with Gasteiger partial charge >= 0.3 is 0 Å². The van der Waals surface area contributed by atoms with E-state index in [1.807, 2.05) is 7.11 Å². The van der Waals surface area contributed by atoms with Gasteiger partial charge in [-0.2, -0.15) is 0 Å². The van der Waals surface area contributed by atoms with Gasteiger partial charge in [0.25, 0.3) is 0 Å². The monoisotopic (exact) mass is 273 g/mol. The van der Waals surface area contributed by atoms with E-state index in [1.54, 1.807) is 0 Å². The number of nitrogens with zero attached hydrogens (tertiary/aromatic N) is 1. The Kier molecular flexibility index (Phi) is 6.85. The van der Waals surface area contributed by atoms with Gasteiger partial charge < -0.3 is 9.47 Å². The zero-order valence-corrected chi connectivity index (χ0v) is 13.9. The highest BCUT2D eigenvalue weighted by atomic mass is 28.3. The van der Waals surface area contributed by atoms with Crippen molar-refractivity contribution >= 4 is 8.07 Å². The van der Waals surface area contributed by atoms with E-state index in [0.717, 1.165) is 13.3 Å². The Hall–Kier alpha value is 0.0969. The zero-order valence-electron chi connectivity index (χ0n) is 12.9. The third-order valence-corrected chi connectivity index (χ3v) is 4.89. The summed E-state index contributed by atoms with van der Waals surface area (Å²) >= 11 is 0. The van der Waals surface area contributed by atoms with Crippen LogP contribution >= 0.6 is 0 Å². The van der Waals surface area contributed by atoms with Crippen LogP contribution in [-0.2, 0) is 9.47 Å². The van der Waals surface area contributed by atoms with Crippen LogP contribution in [0.15, 0.2) is 0 Å². The Labute approximate surface area is 114 Å². The molecule has 4 heteroatoms. The van der Waals surface area contributed by atoms with Gasteiger partial charge in [0.15, 0.2) is 0 Å². The fourth-order valence-corrected chi connectivity index (χ4v) is 4.44. The van der Waals surface area contributed by atoms with Crippen LogP contribution in [0.5, 0.6) is 0 Å². The van der Waals surface area contributed by atoms with Gasteiger partial charge in [-0.1, -0.05) is 19.6 Å². The second-order valence-corrected chi connectivity index (χ2v) is 12.0. The molecular formula is C14H31NO2Si. The number of rotatable bonds is 7. The first-order chi connectivity index (χ1) is 8.46. The SMILES string of the molecule is CCO[C@H]1CC[C@H](N(COC)C[Si](C)(C)C)CC1. The fourth-order valence-electron chi connectivity index (χ4n) is 2.87. The van der Waals surface area contributed by atoms with Gasteiger partial charge in [-0.05, 0) is 38.8 Å². The average Bonchev–Trinajstić information content (AvgIpc) is 2.28.